The van der Waals surface area contributed by atoms with Crippen LogP contribution in [-0.4, -0.2) is 13.2 Å². The van der Waals surface area contributed by atoms with Gasteiger partial charge in [-0.15, -0.1) is 0 Å². The standard InChI is InChI=1S/C13H29ClNO2P/c1-3-5-6-7-8-9-10-11-12-13-15-18(14,16)17-4-2/h3-13H2,1-2H3,(H,15,16). The molecule has 0 saturated carbocycles. The Morgan fingerprint density at radius 1 is 0.944 bits per heavy atom. The van der Waals surface area contributed by atoms with E-state index < -0.39 is 6.87 Å². The molecule has 5 heteroatoms. The van der Waals surface area contributed by atoms with E-state index in [1.54, 1.807) is 6.92 Å². The van der Waals surface area contributed by atoms with Gasteiger partial charge in [0.15, 0.2) is 0 Å². The second-order valence-corrected chi connectivity index (χ2v) is 7.50. The molecule has 1 unspecified atom stereocenters. The van der Waals surface area contributed by atoms with Gasteiger partial charge in [0, 0.05) is 6.54 Å². The zero-order chi connectivity index (χ0) is 13.7. The van der Waals surface area contributed by atoms with Crippen molar-refractivity contribution < 1.29 is 9.09 Å². The van der Waals surface area contributed by atoms with Crippen LogP contribution in [0.4, 0.5) is 0 Å². The van der Waals surface area contributed by atoms with Gasteiger partial charge in [-0.3, -0.25) is 4.57 Å². The SMILES string of the molecule is CCCCCCCCCCCNP(=O)(Cl)OCC. The summed E-state index contributed by atoms with van der Waals surface area (Å²) < 4.78 is 16.4. The summed E-state index contributed by atoms with van der Waals surface area (Å²) >= 11 is 5.67. The van der Waals surface area contributed by atoms with Crippen LogP contribution in [0.15, 0.2) is 0 Å². The van der Waals surface area contributed by atoms with Crippen LogP contribution in [0.3, 0.4) is 0 Å². The fourth-order valence-corrected chi connectivity index (χ4v) is 3.25. The molecule has 0 amide bonds. The Bertz CT molecular complexity index is 227. The molecule has 0 rings (SSSR count). The predicted octanol–water partition coefficient (Wildman–Crippen LogP) is 5.49. The Morgan fingerprint density at radius 3 is 1.94 bits per heavy atom. The van der Waals surface area contributed by atoms with Gasteiger partial charge < -0.3 is 4.52 Å². The molecule has 0 aliphatic heterocycles. The number of nitrogens with one attached hydrogen (secondary N) is 1. The van der Waals surface area contributed by atoms with Crippen molar-refractivity contribution >= 4 is 18.1 Å². The topological polar surface area (TPSA) is 38.3 Å². The van der Waals surface area contributed by atoms with Crippen LogP contribution in [-0.2, 0) is 9.09 Å². The van der Waals surface area contributed by atoms with Gasteiger partial charge in [-0.1, -0.05) is 58.3 Å². The minimum absolute atomic E-state index is 0.380. The van der Waals surface area contributed by atoms with E-state index in [1.165, 1.54) is 51.4 Å². The summed E-state index contributed by atoms with van der Waals surface area (Å²) in [7, 11) is 0. The zero-order valence-corrected chi connectivity index (χ0v) is 13.6. The monoisotopic (exact) mass is 297 g/mol. The molecular weight excluding hydrogens is 269 g/mol. The van der Waals surface area contributed by atoms with Crippen LogP contribution in [0.2, 0.25) is 0 Å². The number of halogens is 1. The lowest BCUT2D eigenvalue weighted by Gasteiger charge is -2.11. The smallest absolute Gasteiger partial charge is 0.307 e. The zero-order valence-electron chi connectivity index (χ0n) is 11.9. The summed E-state index contributed by atoms with van der Waals surface area (Å²) in [6.07, 6.45) is 11.5. The lowest BCUT2D eigenvalue weighted by Crippen LogP contribution is -2.10. The summed E-state index contributed by atoms with van der Waals surface area (Å²) in [5.74, 6) is 0. The van der Waals surface area contributed by atoms with E-state index in [4.69, 9.17) is 15.8 Å². The first-order chi connectivity index (χ1) is 8.62. The van der Waals surface area contributed by atoms with Gasteiger partial charge in [-0.2, -0.15) is 0 Å². The van der Waals surface area contributed by atoms with Gasteiger partial charge >= 0.3 is 6.87 Å². The first-order valence-electron chi connectivity index (χ1n) is 7.31. The van der Waals surface area contributed by atoms with Crippen molar-refractivity contribution in [2.45, 2.75) is 71.6 Å². The Labute approximate surface area is 117 Å². The second kappa shape index (κ2) is 12.5. The maximum absolute atomic E-state index is 11.5. The quantitative estimate of drug-likeness (QED) is 0.361. The molecule has 18 heavy (non-hydrogen) atoms. The number of rotatable bonds is 13. The molecule has 1 N–H and O–H groups in total. The molecule has 0 aromatic rings. The summed E-state index contributed by atoms with van der Waals surface area (Å²) in [6, 6.07) is 0. The molecule has 0 aromatic heterocycles. The summed E-state index contributed by atoms with van der Waals surface area (Å²) in [5.41, 5.74) is 0. The molecule has 0 aromatic carbocycles. The maximum Gasteiger partial charge on any atom is 0.360 e. The summed E-state index contributed by atoms with van der Waals surface area (Å²) in [6.45, 7) is 2.04. The fraction of sp³-hybridized carbons (Fsp3) is 1.00. The van der Waals surface area contributed by atoms with E-state index in [0.29, 0.717) is 13.2 Å². The lowest BCUT2D eigenvalue weighted by molar-refractivity contribution is 0.336. The molecule has 0 aliphatic carbocycles. The highest BCUT2D eigenvalue weighted by atomic mass is 35.7. The largest absolute Gasteiger partial charge is 0.360 e. The first-order valence-corrected chi connectivity index (χ1v) is 9.84. The third-order valence-corrected chi connectivity index (χ3v) is 4.72. The van der Waals surface area contributed by atoms with Crippen molar-refractivity contribution in [3.8, 4) is 0 Å². The summed E-state index contributed by atoms with van der Waals surface area (Å²) in [4.78, 5) is 0. The number of hydrogen-bond acceptors (Lipinski definition) is 2. The molecule has 0 aliphatic rings. The summed E-state index contributed by atoms with van der Waals surface area (Å²) in [5, 5.41) is 2.78. The van der Waals surface area contributed by atoms with E-state index in [1.807, 2.05) is 0 Å². The van der Waals surface area contributed by atoms with Crippen LogP contribution in [0.5, 0.6) is 0 Å². The van der Waals surface area contributed by atoms with Crippen LogP contribution in [0, 0.1) is 0 Å². The highest BCUT2D eigenvalue weighted by Gasteiger charge is 2.16. The van der Waals surface area contributed by atoms with Gasteiger partial charge in [0.25, 0.3) is 0 Å². The fourth-order valence-electron chi connectivity index (χ4n) is 1.86. The molecule has 0 saturated heterocycles. The minimum atomic E-state index is -3.04. The second-order valence-electron chi connectivity index (χ2n) is 4.63. The van der Waals surface area contributed by atoms with E-state index in [-0.39, 0.29) is 0 Å². The molecule has 0 heterocycles. The molecule has 1 atom stereocenters. The van der Waals surface area contributed by atoms with E-state index in [2.05, 4.69) is 12.0 Å². The van der Waals surface area contributed by atoms with Gasteiger partial charge in [0.05, 0.1) is 6.61 Å². The van der Waals surface area contributed by atoms with Crippen molar-refractivity contribution in [1.29, 1.82) is 0 Å². The maximum atomic E-state index is 11.5. The van der Waals surface area contributed by atoms with Crippen molar-refractivity contribution in [2.24, 2.45) is 0 Å². The van der Waals surface area contributed by atoms with Gasteiger partial charge in [0.2, 0.25) is 0 Å². The predicted molar refractivity (Wildman–Crippen MR) is 80.3 cm³/mol. The van der Waals surface area contributed by atoms with E-state index in [0.717, 1.165) is 6.42 Å². The molecular formula is C13H29ClNO2P. The Kier molecular flexibility index (Phi) is 12.8. The van der Waals surface area contributed by atoms with E-state index >= 15 is 0 Å². The van der Waals surface area contributed by atoms with Crippen molar-refractivity contribution in [3.63, 3.8) is 0 Å². The van der Waals surface area contributed by atoms with E-state index in [9.17, 15) is 4.57 Å². The lowest BCUT2D eigenvalue weighted by atomic mass is 10.1. The van der Waals surface area contributed by atoms with Gasteiger partial charge in [0.1, 0.15) is 0 Å². The molecule has 0 spiro atoms. The molecule has 3 nitrogen and oxygen atoms in total. The number of unbranched alkanes of at least 4 members (excludes halogenated alkanes) is 8. The van der Waals surface area contributed by atoms with Crippen molar-refractivity contribution in [3.05, 3.63) is 0 Å². The van der Waals surface area contributed by atoms with Gasteiger partial charge in [-0.05, 0) is 24.6 Å². The highest BCUT2D eigenvalue weighted by molar-refractivity contribution is 7.83. The number of hydrogen-bond donors (Lipinski definition) is 1. The molecule has 0 fully saturated rings. The van der Waals surface area contributed by atoms with Gasteiger partial charge in [-0.25, -0.2) is 5.09 Å². The van der Waals surface area contributed by atoms with Crippen LogP contribution >= 0.6 is 18.1 Å². The van der Waals surface area contributed by atoms with Crippen LogP contribution < -0.4 is 5.09 Å². The Morgan fingerprint density at radius 2 is 1.44 bits per heavy atom. The van der Waals surface area contributed by atoms with Crippen molar-refractivity contribution in [1.82, 2.24) is 5.09 Å². The van der Waals surface area contributed by atoms with Crippen LogP contribution in [0.1, 0.15) is 71.6 Å². The Balaban J connectivity index is 3.18. The van der Waals surface area contributed by atoms with Crippen LogP contribution in [0.25, 0.3) is 0 Å². The minimum Gasteiger partial charge on any atom is -0.307 e. The average Bonchev–Trinajstić information content (AvgIpc) is 2.31. The first kappa shape index (κ1) is 18.4. The third-order valence-electron chi connectivity index (χ3n) is 2.88. The average molecular weight is 298 g/mol. The van der Waals surface area contributed by atoms with Crippen molar-refractivity contribution in [2.75, 3.05) is 13.2 Å². The molecule has 0 radical (unpaired) electrons. The highest BCUT2D eigenvalue weighted by Crippen LogP contribution is 2.47. The molecule has 110 valence electrons. The Hall–Kier alpha value is 0.440. The molecule has 0 bridgehead atoms. The third kappa shape index (κ3) is 12.9. The normalized spacial score (nSPS) is 14.6.